The van der Waals surface area contributed by atoms with Crippen molar-refractivity contribution in [1.82, 2.24) is 9.80 Å². The van der Waals surface area contributed by atoms with Gasteiger partial charge in [-0.25, -0.2) is 0 Å². The number of furan rings is 1. The number of hydrogen-bond donors (Lipinski definition) is 0. The Morgan fingerprint density at radius 3 is 2.49 bits per heavy atom. The standard InChI is InChI=1S/C27H27N3O7/c1-19(2)29(26(31)12-8-20-5-9-22(10-6-20)30(33)34)17-27(32)28(16-23-4-3-13-35-23)15-21-7-11-24-25(14-21)37-18-36-24/h3-14,19H,15-18H2,1-2H3. The molecular weight excluding hydrogens is 478 g/mol. The number of nitrogens with zero attached hydrogens (tertiary/aromatic N) is 3. The van der Waals surface area contributed by atoms with Crippen LogP contribution >= 0.6 is 0 Å². The van der Waals surface area contributed by atoms with Gasteiger partial charge in [0, 0.05) is 30.8 Å². The van der Waals surface area contributed by atoms with E-state index in [2.05, 4.69) is 0 Å². The van der Waals surface area contributed by atoms with Gasteiger partial charge >= 0.3 is 0 Å². The second-order valence-electron chi connectivity index (χ2n) is 8.76. The van der Waals surface area contributed by atoms with Crippen molar-refractivity contribution >= 4 is 23.6 Å². The van der Waals surface area contributed by atoms with Gasteiger partial charge in [-0.2, -0.15) is 0 Å². The van der Waals surface area contributed by atoms with Crippen LogP contribution in [0.4, 0.5) is 5.69 Å². The Balaban J connectivity index is 1.48. The zero-order valence-electron chi connectivity index (χ0n) is 20.5. The quantitative estimate of drug-likeness (QED) is 0.228. The molecule has 2 amide bonds. The molecule has 0 N–H and O–H groups in total. The Bertz CT molecular complexity index is 1280. The zero-order chi connectivity index (χ0) is 26.4. The molecule has 0 bridgehead atoms. The Morgan fingerprint density at radius 2 is 1.81 bits per heavy atom. The maximum Gasteiger partial charge on any atom is 0.269 e. The summed E-state index contributed by atoms with van der Waals surface area (Å²) in [6, 6.07) is 14.7. The van der Waals surface area contributed by atoms with Gasteiger partial charge in [-0.1, -0.05) is 6.07 Å². The number of carbonyl (C=O) groups excluding carboxylic acids is 2. The number of ether oxygens (including phenoxy) is 2. The smallest absolute Gasteiger partial charge is 0.269 e. The van der Waals surface area contributed by atoms with Crippen molar-refractivity contribution in [3.63, 3.8) is 0 Å². The number of hydrogen-bond acceptors (Lipinski definition) is 7. The third-order valence-corrected chi connectivity index (χ3v) is 5.82. The van der Waals surface area contributed by atoms with Gasteiger partial charge < -0.3 is 23.7 Å². The molecule has 0 spiro atoms. The highest BCUT2D eigenvalue weighted by Gasteiger charge is 2.24. The number of nitro benzene ring substituents is 1. The van der Waals surface area contributed by atoms with Crippen LogP contribution in [0.3, 0.4) is 0 Å². The number of benzene rings is 2. The van der Waals surface area contributed by atoms with E-state index in [1.54, 1.807) is 47.6 Å². The SMILES string of the molecule is CC(C)N(CC(=O)N(Cc1ccc2c(c1)OCO2)Cc1ccco1)C(=O)C=Cc1ccc([N+](=O)[O-])cc1. The van der Waals surface area contributed by atoms with Crippen LogP contribution < -0.4 is 9.47 Å². The molecular formula is C27H27N3O7. The monoisotopic (exact) mass is 505 g/mol. The molecule has 0 saturated carbocycles. The second-order valence-corrected chi connectivity index (χ2v) is 8.76. The molecule has 37 heavy (non-hydrogen) atoms. The topological polar surface area (TPSA) is 115 Å². The molecule has 2 aromatic carbocycles. The summed E-state index contributed by atoms with van der Waals surface area (Å²) in [4.78, 5) is 39.9. The van der Waals surface area contributed by atoms with Crippen LogP contribution in [-0.2, 0) is 22.7 Å². The van der Waals surface area contributed by atoms with Crippen LogP contribution in [0.2, 0.25) is 0 Å². The van der Waals surface area contributed by atoms with Crippen LogP contribution in [0.5, 0.6) is 11.5 Å². The number of rotatable bonds is 10. The lowest BCUT2D eigenvalue weighted by Gasteiger charge is -2.29. The lowest BCUT2D eigenvalue weighted by atomic mass is 10.1. The fraction of sp³-hybridized carbons (Fsp3) is 0.259. The minimum absolute atomic E-state index is 0.0306. The van der Waals surface area contributed by atoms with Gasteiger partial charge in [-0.3, -0.25) is 19.7 Å². The summed E-state index contributed by atoms with van der Waals surface area (Å²) in [5.74, 6) is 1.31. The van der Waals surface area contributed by atoms with Gasteiger partial charge in [0.05, 0.1) is 17.7 Å². The molecule has 0 fully saturated rings. The van der Waals surface area contributed by atoms with Gasteiger partial charge in [0.2, 0.25) is 18.6 Å². The van der Waals surface area contributed by atoms with Crippen LogP contribution in [0.1, 0.15) is 30.7 Å². The molecule has 1 aliphatic heterocycles. The van der Waals surface area contributed by atoms with Gasteiger partial charge in [0.25, 0.3) is 5.69 Å². The van der Waals surface area contributed by atoms with E-state index in [0.717, 1.165) is 5.56 Å². The maximum atomic E-state index is 13.4. The average Bonchev–Trinajstić information content (AvgIpc) is 3.57. The minimum atomic E-state index is -0.483. The molecule has 2 heterocycles. The van der Waals surface area contributed by atoms with Gasteiger partial charge in [-0.15, -0.1) is 0 Å². The Hall–Kier alpha value is -4.60. The van der Waals surface area contributed by atoms with Crippen LogP contribution in [0, 0.1) is 10.1 Å². The summed E-state index contributed by atoms with van der Waals surface area (Å²) in [7, 11) is 0. The number of carbonyl (C=O) groups is 2. The van der Waals surface area contributed by atoms with Crippen LogP contribution in [0.25, 0.3) is 6.08 Å². The highest BCUT2D eigenvalue weighted by atomic mass is 16.7. The van der Waals surface area contributed by atoms with E-state index < -0.39 is 4.92 Å². The van der Waals surface area contributed by atoms with Crippen molar-refractivity contribution in [1.29, 1.82) is 0 Å². The van der Waals surface area contributed by atoms with E-state index in [0.29, 0.717) is 22.8 Å². The third kappa shape index (κ3) is 6.54. The first-order valence-electron chi connectivity index (χ1n) is 11.7. The van der Waals surface area contributed by atoms with E-state index in [4.69, 9.17) is 13.9 Å². The number of fused-ring (bicyclic) bond motifs is 1. The minimum Gasteiger partial charge on any atom is -0.467 e. The predicted octanol–water partition coefficient (Wildman–Crippen LogP) is 4.40. The molecule has 4 rings (SSSR count). The van der Waals surface area contributed by atoms with E-state index in [1.165, 1.54) is 23.1 Å². The summed E-state index contributed by atoms with van der Waals surface area (Å²) in [6.45, 7) is 4.21. The summed E-state index contributed by atoms with van der Waals surface area (Å²) in [5, 5.41) is 10.8. The lowest BCUT2D eigenvalue weighted by Crippen LogP contribution is -2.45. The number of nitro groups is 1. The lowest BCUT2D eigenvalue weighted by molar-refractivity contribution is -0.384. The summed E-state index contributed by atoms with van der Waals surface area (Å²) in [6.07, 6.45) is 4.48. The normalized spacial score (nSPS) is 12.2. The molecule has 10 heteroatoms. The molecule has 0 atom stereocenters. The predicted molar refractivity (Wildman–Crippen MR) is 135 cm³/mol. The highest BCUT2D eigenvalue weighted by molar-refractivity contribution is 5.94. The molecule has 10 nitrogen and oxygen atoms in total. The largest absolute Gasteiger partial charge is 0.467 e. The Morgan fingerprint density at radius 1 is 1.05 bits per heavy atom. The van der Waals surface area contributed by atoms with E-state index in [1.807, 2.05) is 26.0 Å². The third-order valence-electron chi connectivity index (χ3n) is 5.82. The fourth-order valence-electron chi connectivity index (χ4n) is 3.81. The van der Waals surface area contributed by atoms with Gasteiger partial charge in [-0.05, 0) is 67.4 Å². The van der Waals surface area contributed by atoms with Crippen molar-refractivity contribution in [3.05, 3.63) is 93.9 Å². The first-order chi connectivity index (χ1) is 17.8. The van der Waals surface area contributed by atoms with Crippen molar-refractivity contribution in [2.24, 2.45) is 0 Å². The molecule has 0 saturated heterocycles. The van der Waals surface area contributed by atoms with Crippen LogP contribution in [-0.4, -0.2) is 45.9 Å². The van der Waals surface area contributed by atoms with Gasteiger partial charge in [0.15, 0.2) is 11.5 Å². The van der Waals surface area contributed by atoms with Crippen molar-refractivity contribution in [3.8, 4) is 11.5 Å². The first-order valence-corrected chi connectivity index (χ1v) is 11.7. The summed E-state index contributed by atoms with van der Waals surface area (Å²) < 4.78 is 16.3. The molecule has 1 aromatic heterocycles. The van der Waals surface area contributed by atoms with E-state index in [9.17, 15) is 19.7 Å². The van der Waals surface area contributed by atoms with Crippen molar-refractivity contribution in [2.75, 3.05) is 13.3 Å². The number of non-ortho nitro benzene ring substituents is 1. The molecule has 0 aliphatic carbocycles. The average molecular weight is 506 g/mol. The Labute approximate surface area is 213 Å². The van der Waals surface area contributed by atoms with Crippen molar-refractivity contribution < 1.29 is 28.4 Å². The maximum absolute atomic E-state index is 13.4. The fourth-order valence-corrected chi connectivity index (χ4v) is 3.81. The van der Waals surface area contributed by atoms with Gasteiger partial charge in [0.1, 0.15) is 12.3 Å². The van der Waals surface area contributed by atoms with Crippen molar-refractivity contribution in [2.45, 2.75) is 33.0 Å². The van der Waals surface area contributed by atoms with E-state index in [-0.39, 0.29) is 50.0 Å². The zero-order valence-corrected chi connectivity index (χ0v) is 20.5. The highest BCUT2D eigenvalue weighted by Crippen LogP contribution is 2.33. The Kier molecular flexibility index (Phi) is 7.87. The van der Waals surface area contributed by atoms with E-state index >= 15 is 0 Å². The number of amides is 2. The molecule has 3 aromatic rings. The summed E-state index contributed by atoms with van der Waals surface area (Å²) in [5.41, 5.74) is 1.46. The van der Waals surface area contributed by atoms with Crippen LogP contribution in [0.15, 0.2) is 71.4 Å². The molecule has 0 radical (unpaired) electrons. The second kappa shape index (κ2) is 11.4. The first kappa shape index (κ1) is 25.5. The summed E-state index contributed by atoms with van der Waals surface area (Å²) >= 11 is 0. The molecule has 0 unspecified atom stereocenters. The molecule has 1 aliphatic rings. The molecule has 192 valence electrons.